The predicted octanol–water partition coefficient (Wildman–Crippen LogP) is 6.52. The second kappa shape index (κ2) is 10.5. The summed E-state index contributed by atoms with van der Waals surface area (Å²) >= 11 is 0. The summed E-state index contributed by atoms with van der Waals surface area (Å²) in [5.41, 5.74) is 2.96. The van der Waals surface area contributed by atoms with Crippen molar-refractivity contribution >= 4 is 22.6 Å². The molecule has 1 aliphatic rings. The number of carbonyl (C=O) groups is 1. The average Bonchev–Trinajstić information content (AvgIpc) is 3.28. The summed E-state index contributed by atoms with van der Waals surface area (Å²) < 4.78 is 17.9. The minimum atomic E-state index is -0.263. The second-order valence-corrected chi connectivity index (χ2v) is 9.39. The fraction of sp³-hybridized carbons (Fsp3) is 0.300. The van der Waals surface area contributed by atoms with Gasteiger partial charge in [0.05, 0.1) is 25.9 Å². The third-order valence-corrected chi connectivity index (χ3v) is 7.06. The number of hydrogen-bond donors (Lipinski definition) is 1. The summed E-state index contributed by atoms with van der Waals surface area (Å²) in [6.45, 7) is 4.12. The minimum absolute atomic E-state index is 0.174. The van der Waals surface area contributed by atoms with Gasteiger partial charge in [0.2, 0.25) is 0 Å². The lowest BCUT2D eigenvalue weighted by Crippen LogP contribution is -2.37. The lowest BCUT2D eigenvalue weighted by atomic mass is 9.93. The summed E-state index contributed by atoms with van der Waals surface area (Å²) in [7, 11) is 3.34. The van der Waals surface area contributed by atoms with Gasteiger partial charge in [-0.3, -0.25) is 9.69 Å². The Morgan fingerprint density at radius 1 is 0.972 bits per heavy atom. The number of fused-ring (bicyclic) bond motifs is 1. The molecule has 1 N–H and O–H groups in total. The van der Waals surface area contributed by atoms with E-state index in [0.717, 1.165) is 54.0 Å². The second-order valence-electron chi connectivity index (χ2n) is 9.39. The minimum Gasteiger partial charge on any atom is -0.497 e. The van der Waals surface area contributed by atoms with E-state index in [2.05, 4.69) is 17.1 Å². The van der Waals surface area contributed by atoms with Gasteiger partial charge in [0.25, 0.3) is 5.91 Å². The molecule has 0 unspecified atom stereocenters. The monoisotopic (exact) mass is 484 g/mol. The largest absolute Gasteiger partial charge is 0.497 e. The summed E-state index contributed by atoms with van der Waals surface area (Å²) in [6, 6.07) is 22.7. The lowest BCUT2D eigenvalue weighted by Gasteiger charge is -2.37. The van der Waals surface area contributed by atoms with Crippen LogP contribution in [-0.2, 0) is 0 Å². The lowest BCUT2D eigenvalue weighted by molar-refractivity contribution is 0.102. The first-order chi connectivity index (χ1) is 17.6. The topological polar surface area (TPSA) is 63.9 Å². The highest BCUT2D eigenvalue weighted by molar-refractivity contribution is 6.09. The molecule has 1 amide bonds. The number of amides is 1. The maximum Gasteiger partial charge on any atom is 0.255 e. The van der Waals surface area contributed by atoms with Crippen molar-refractivity contribution in [2.24, 2.45) is 5.92 Å². The van der Waals surface area contributed by atoms with Crippen LogP contribution in [0.5, 0.6) is 11.5 Å². The number of nitrogens with one attached hydrogen (secondary N) is 1. The molecule has 2 heterocycles. The van der Waals surface area contributed by atoms with E-state index in [4.69, 9.17) is 13.9 Å². The highest BCUT2D eigenvalue weighted by Crippen LogP contribution is 2.45. The van der Waals surface area contributed by atoms with Crippen molar-refractivity contribution in [3.8, 4) is 11.5 Å². The molecule has 6 nitrogen and oxygen atoms in total. The number of para-hydroxylation sites is 1. The number of furan rings is 1. The summed E-state index contributed by atoms with van der Waals surface area (Å²) in [5, 5.41) is 4.05. The van der Waals surface area contributed by atoms with Crippen LogP contribution in [0.25, 0.3) is 11.0 Å². The van der Waals surface area contributed by atoms with Crippen molar-refractivity contribution in [1.82, 2.24) is 4.90 Å². The Bertz CT molecular complexity index is 1340. The van der Waals surface area contributed by atoms with Gasteiger partial charge >= 0.3 is 0 Å². The number of anilines is 1. The molecule has 0 spiro atoms. The number of piperidine rings is 1. The molecule has 1 aromatic heterocycles. The number of hydrogen-bond acceptors (Lipinski definition) is 5. The van der Waals surface area contributed by atoms with E-state index in [-0.39, 0.29) is 11.9 Å². The molecule has 0 saturated carbocycles. The van der Waals surface area contributed by atoms with Gasteiger partial charge in [-0.05, 0) is 74.3 Å². The zero-order valence-electron chi connectivity index (χ0n) is 21.0. The molecule has 3 aromatic carbocycles. The maximum absolute atomic E-state index is 13.3. The van der Waals surface area contributed by atoms with Crippen LogP contribution in [0.2, 0.25) is 0 Å². The average molecular weight is 485 g/mol. The molecular weight excluding hydrogens is 452 g/mol. The van der Waals surface area contributed by atoms with Gasteiger partial charge in [0.1, 0.15) is 17.1 Å². The van der Waals surface area contributed by atoms with Crippen LogP contribution in [0.4, 0.5) is 5.69 Å². The third-order valence-electron chi connectivity index (χ3n) is 7.06. The Morgan fingerprint density at radius 2 is 1.69 bits per heavy atom. The van der Waals surface area contributed by atoms with E-state index < -0.39 is 0 Å². The SMILES string of the molecule is COc1ccc(OC)c([C@H](c2oc3ccccc3c2NC(=O)c2ccccc2)N2CCC(C)CC2)c1. The highest BCUT2D eigenvalue weighted by atomic mass is 16.5. The van der Waals surface area contributed by atoms with Crippen LogP contribution in [0.1, 0.15) is 47.5 Å². The molecule has 36 heavy (non-hydrogen) atoms. The Balaban J connectivity index is 1.68. The molecular formula is C30H32N2O4. The molecule has 0 aliphatic carbocycles. The van der Waals surface area contributed by atoms with Gasteiger partial charge in [0, 0.05) is 16.5 Å². The van der Waals surface area contributed by atoms with Gasteiger partial charge in [0.15, 0.2) is 5.76 Å². The van der Waals surface area contributed by atoms with Crippen LogP contribution in [0, 0.1) is 5.92 Å². The van der Waals surface area contributed by atoms with Crippen LogP contribution >= 0.6 is 0 Å². The van der Waals surface area contributed by atoms with Crippen LogP contribution < -0.4 is 14.8 Å². The first kappa shape index (κ1) is 23.9. The smallest absolute Gasteiger partial charge is 0.255 e. The molecule has 4 aromatic rings. The number of rotatable bonds is 7. The van der Waals surface area contributed by atoms with E-state index in [0.29, 0.717) is 22.9 Å². The third kappa shape index (κ3) is 4.69. The molecule has 0 bridgehead atoms. The Kier molecular flexibility index (Phi) is 6.96. The van der Waals surface area contributed by atoms with E-state index >= 15 is 0 Å². The molecule has 0 radical (unpaired) electrons. The quantitative estimate of drug-likeness (QED) is 0.323. The van der Waals surface area contributed by atoms with E-state index in [1.54, 1.807) is 14.2 Å². The van der Waals surface area contributed by atoms with E-state index in [1.165, 1.54) is 0 Å². The zero-order valence-corrected chi connectivity index (χ0v) is 21.0. The van der Waals surface area contributed by atoms with Crippen LogP contribution in [0.15, 0.2) is 77.2 Å². The van der Waals surface area contributed by atoms with Gasteiger partial charge in [-0.15, -0.1) is 0 Å². The molecule has 186 valence electrons. The molecule has 1 saturated heterocycles. The Labute approximate surface area is 211 Å². The van der Waals surface area contributed by atoms with Gasteiger partial charge in [-0.2, -0.15) is 0 Å². The van der Waals surface area contributed by atoms with E-state index in [9.17, 15) is 4.79 Å². The van der Waals surface area contributed by atoms with Gasteiger partial charge in [-0.1, -0.05) is 37.3 Å². The maximum atomic E-state index is 13.3. The Hall–Kier alpha value is -3.77. The number of nitrogens with zero attached hydrogens (tertiary/aromatic N) is 1. The molecule has 1 atom stereocenters. The van der Waals surface area contributed by atoms with Crippen molar-refractivity contribution in [3.63, 3.8) is 0 Å². The highest BCUT2D eigenvalue weighted by Gasteiger charge is 2.34. The van der Waals surface area contributed by atoms with Gasteiger partial charge in [-0.25, -0.2) is 0 Å². The van der Waals surface area contributed by atoms with Crippen molar-refractivity contribution in [3.05, 3.63) is 89.7 Å². The zero-order chi connectivity index (χ0) is 25.1. The fourth-order valence-corrected chi connectivity index (χ4v) is 5.00. The number of methoxy groups -OCH3 is 2. The fourth-order valence-electron chi connectivity index (χ4n) is 5.00. The van der Waals surface area contributed by atoms with Crippen molar-refractivity contribution < 1.29 is 18.7 Å². The van der Waals surface area contributed by atoms with Crippen molar-refractivity contribution in [1.29, 1.82) is 0 Å². The predicted molar refractivity (Wildman–Crippen MR) is 142 cm³/mol. The first-order valence-corrected chi connectivity index (χ1v) is 12.4. The normalized spacial score (nSPS) is 15.5. The summed E-state index contributed by atoms with van der Waals surface area (Å²) in [5.74, 6) is 2.68. The van der Waals surface area contributed by atoms with Crippen LogP contribution in [0.3, 0.4) is 0 Å². The number of ether oxygens (including phenoxy) is 2. The van der Waals surface area contributed by atoms with Crippen LogP contribution in [-0.4, -0.2) is 38.1 Å². The van der Waals surface area contributed by atoms with Crippen molar-refractivity contribution in [2.75, 3.05) is 32.6 Å². The van der Waals surface area contributed by atoms with Gasteiger partial charge < -0.3 is 19.2 Å². The molecule has 5 rings (SSSR count). The molecule has 1 fully saturated rings. The van der Waals surface area contributed by atoms with Crippen molar-refractivity contribution in [2.45, 2.75) is 25.8 Å². The molecule has 1 aliphatic heterocycles. The standard InChI is InChI=1S/C30H32N2O4/c1-20-15-17-32(18-16-20)28(24-19-22(34-2)13-14-25(24)35-3)29-27(23-11-7-8-12-26(23)36-29)31-30(33)21-9-5-4-6-10-21/h4-14,19-20,28H,15-18H2,1-3H3,(H,31,33)/t28-/m1/s1. The summed E-state index contributed by atoms with van der Waals surface area (Å²) in [6.07, 6.45) is 2.18. The number of likely N-dealkylation sites (tertiary alicyclic amines) is 1. The summed E-state index contributed by atoms with van der Waals surface area (Å²) in [4.78, 5) is 15.7. The number of benzene rings is 3. The van der Waals surface area contributed by atoms with E-state index in [1.807, 2.05) is 72.8 Å². The Morgan fingerprint density at radius 3 is 2.42 bits per heavy atom. The molecule has 6 heteroatoms. The number of carbonyl (C=O) groups excluding carboxylic acids is 1. The first-order valence-electron chi connectivity index (χ1n) is 12.4.